The summed E-state index contributed by atoms with van der Waals surface area (Å²) >= 11 is 0. The number of nitrogens with one attached hydrogen (secondary N) is 1. The lowest BCUT2D eigenvalue weighted by atomic mass is 10.0. The van der Waals surface area contributed by atoms with Crippen LogP contribution < -0.4 is 10.2 Å². The third kappa shape index (κ3) is 5.47. The summed E-state index contributed by atoms with van der Waals surface area (Å²) in [6.45, 7) is 4.94. The van der Waals surface area contributed by atoms with Gasteiger partial charge in [0.15, 0.2) is 0 Å². The molecule has 1 N–H and O–H groups in total. The number of benzene rings is 2. The minimum atomic E-state index is -0.469. The highest BCUT2D eigenvalue weighted by Crippen LogP contribution is 2.24. The normalized spacial score (nSPS) is 17.4. The van der Waals surface area contributed by atoms with Crippen molar-refractivity contribution in [2.75, 3.05) is 63.2 Å². The molecule has 2 heterocycles. The molecule has 2 aliphatic heterocycles. The summed E-state index contributed by atoms with van der Waals surface area (Å²) < 4.78 is 5.40. The van der Waals surface area contributed by atoms with Crippen LogP contribution in [0.25, 0.3) is 0 Å². The standard InChI is InChI=1S/C25H32N4O3/c1-27(24(20-7-3-2-4-8-20)25(31)29-13-5-6-14-29)19-23(30)26-21-9-11-22(12-10-21)28-15-17-32-18-16-28/h2-4,7-12,24H,5-6,13-19H2,1H3,(H,26,30). The number of amides is 2. The number of likely N-dealkylation sites (N-methyl/N-ethyl adjacent to an activating group) is 1. The summed E-state index contributed by atoms with van der Waals surface area (Å²) in [4.78, 5) is 32.1. The molecule has 0 saturated carbocycles. The Bertz CT molecular complexity index is 891. The van der Waals surface area contributed by atoms with Crippen molar-refractivity contribution in [1.29, 1.82) is 0 Å². The van der Waals surface area contributed by atoms with Crippen LogP contribution in [0.5, 0.6) is 0 Å². The molecule has 2 fully saturated rings. The zero-order valence-electron chi connectivity index (χ0n) is 18.7. The fraction of sp³-hybridized carbons (Fsp3) is 0.440. The first-order valence-corrected chi connectivity index (χ1v) is 11.4. The van der Waals surface area contributed by atoms with Gasteiger partial charge in [0, 0.05) is 37.6 Å². The summed E-state index contributed by atoms with van der Waals surface area (Å²) in [5.41, 5.74) is 2.79. The number of carbonyl (C=O) groups excluding carboxylic acids is 2. The Morgan fingerprint density at radius 1 is 0.969 bits per heavy atom. The molecule has 1 atom stereocenters. The smallest absolute Gasteiger partial charge is 0.244 e. The number of carbonyl (C=O) groups is 2. The zero-order chi connectivity index (χ0) is 22.3. The molecule has 2 aromatic rings. The number of hydrogen-bond donors (Lipinski definition) is 1. The van der Waals surface area contributed by atoms with Gasteiger partial charge in [-0.05, 0) is 49.7 Å². The van der Waals surface area contributed by atoms with Gasteiger partial charge in [0.2, 0.25) is 11.8 Å². The fourth-order valence-corrected chi connectivity index (χ4v) is 4.43. The van der Waals surface area contributed by atoms with E-state index in [1.165, 1.54) is 0 Å². The number of ether oxygens (including phenoxy) is 1. The van der Waals surface area contributed by atoms with Gasteiger partial charge in [0.1, 0.15) is 6.04 Å². The van der Waals surface area contributed by atoms with E-state index in [4.69, 9.17) is 4.74 Å². The van der Waals surface area contributed by atoms with Crippen molar-refractivity contribution in [2.24, 2.45) is 0 Å². The summed E-state index contributed by atoms with van der Waals surface area (Å²) in [5, 5.41) is 2.97. The van der Waals surface area contributed by atoms with Gasteiger partial charge < -0.3 is 19.9 Å². The SMILES string of the molecule is CN(CC(=O)Nc1ccc(N2CCOCC2)cc1)C(C(=O)N1CCCC1)c1ccccc1. The maximum atomic E-state index is 13.3. The summed E-state index contributed by atoms with van der Waals surface area (Å²) in [7, 11) is 1.84. The Morgan fingerprint density at radius 3 is 2.28 bits per heavy atom. The molecule has 2 aliphatic rings. The fourth-order valence-electron chi connectivity index (χ4n) is 4.43. The molecule has 7 nitrogen and oxygen atoms in total. The van der Waals surface area contributed by atoms with Crippen LogP contribution in [-0.2, 0) is 14.3 Å². The molecule has 170 valence electrons. The number of hydrogen-bond acceptors (Lipinski definition) is 5. The maximum Gasteiger partial charge on any atom is 0.244 e. The predicted molar refractivity (Wildman–Crippen MR) is 126 cm³/mol. The molecule has 2 saturated heterocycles. The Labute approximate surface area is 189 Å². The van der Waals surface area contributed by atoms with Gasteiger partial charge in [-0.25, -0.2) is 0 Å². The first-order valence-electron chi connectivity index (χ1n) is 11.4. The lowest BCUT2D eigenvalue weighted by molar-refractivity contribution is -0.136. The topological polar surface area (TPSA) is 65.1 Å². The van der Waals surface area contributed by atoms with Crippen LogP contribution in [0.1, 0.15) is 24.4 Å². The molecule has 1 unspecified atom stereocenters. The van der Waals surface area contributed by atoms with Crippen LogP contribution in [0.15, 0.2) is 54.6 Å². The highest BCUT2D eigenvalue weighted by atomic mass is 16.5. The van der Waals surface area contributed by atoms with Gasteiger partial charge >= 0.3 is 0 Å². The number of morpholine rings is 1. The number of rotatable bonds is 7. The van der Waals surface area contributed by atoms with E-state index in [9.17, 15) is 9.59 Å². The van der Waals surface area contributed by atoms with E-state index >= 15 is 0 Å². The number of anilines is 2. The van der Waals surface area contributed by atoms with Crippen LogP contribution in [-0.4, -0.2) is 74.6 Å². The maximum absolute atomic E-state index is 13.3. The summed E-state index contributed by atoms with van der Waals surface area (Å²) in [5.74, 6) is -0.0689. The molecule has 2 amide bonds. The molecular formula is C25H32N4O3. The molecule has 0 radical (unpaired) electrons. The second-order valence-corrected chi connectivity index (χ2v) is 8.46. The monoisotopic (exact) mass is 436 g/mol. The largest absolute Gasteiger partial charge is 0.378 e. The second-order valence-electron chi connectivity index (χ2n) is 8.46. The van der Waals surface area contributed by atoms with Crippen molar-refractivity contribution in [1.82, 2.24) is 9.80 Å². The molecule has 32 heavy (non-hydrogen) atoms. The van der Waals surface area contributed by atoms with Gasteiger partial charge in [-0.15, -0.1) is 0 Å². The molecule has 0 spiro atoms. The van der Waals surface area contributed by atoms with E-state index < -0.39 is 6.04 Å². The molecule has 2 aromatic carbocycles. The van der Waals surface area contributed by atoms with Crippen molar-refractivity contribution in [2.45, 2.75) is 18.9 Å². The van der Waals surface area contributed by atoms with Gasteiger partial charge in [-0.1, -0.05) is 30.3 Å². The van der Waals surface area contributed by atoms with Crippen LogP contribution >= 0.6 is 0 Å². The molecule has 0 aliphatic carbocycles. The zero-order valence-corrected chi connectivity index (χ0v) is 18.7. The highest BCUT2D eigenvalue weighted by molar-refractivity contribution is 5.93. The molecule has 0 aromatic heterocycles. The predicted octanol–water partition coefficient (Wildman–Crippen LogP) is 2.76. The number of likely N-dealkylation sites (tertiary alicyclic amines) is 1. The third-order valence-electron chi connectivity index (χ3n) is 6.13. The van der Waals surface area contributed by atoms with Gasteiger partial charge in [-0.3, -0.25) is 14.5 Å². The number of nitrogens with zero attached hydrogens (tertiary/aromatic N) is 3. The van der Waals surface area contributed by atoms with Crippen molar-refractivity contribution in [3.8, 4) is 0 Å². The highest BCUT2D eigenvalue weighted by Gasteiger charge is 2.31. The van der Waals surface area contributed by atoms with Crippen molar-refractivity contribution in [3.63, 3.8) is 0 Å². The average molecular weight is 437 g/mol. The van der Waals surface area contributed by atoms with Gasteiger partial charge in [-0.2, -0.15) is 0 Å². The first kappa shape index (κ1) is 22.3. The first-order chi connectivity index (χ1) is 15.6. The average Bonchev–Trinajstić information content (AvgIpc) is 3.36. The van der Waals surface area contributed by atoms with Crippen LogP contribution in [0.3, 0.4) is 0 Å². The van der Waals surface area contributed by atoms with Crippen molar-refractivity contribution >= 4 is 23.2 Å². The molecular weight excluding hydrogens is 404 g/mol. The van der Waals surface area contributed by atoms with E-state index in [-0.39, 0.29) is 18.4 Å². The molecule has 0 bridgehead atoms. The third-order valence-corrected chi connectivity index (χ3v) is 6.13. The minimum absolute atomic E-state index is 0.0684. The van der Waals surface area contributed by atoms with Crippen LogP contribution in [0.2, 0.25) is 0 Å². The van der Waals surface area contributed by atoms with Crippen molar-refractivity contribution < 1.29 is 14.3 Å². The van der Waals surface area contributed by atoms with E-state index in [2.05, 4.69) is 10.2 Å². The van der Waals surface area contributed by atoms with E-state index in [1.54, 1.807) is 0 Å². The van der Waals surface area contributed by atoms with E-state index in [1.807, 2.05) is 71.4 Å². The van der Waals surface area contributed by atoms with Gasteiger partial charge in [0.25, 0.3) is 0 Å². The van der Waals surface area contributed by atoms with Crippen LogP contribution in [0, 0.1) is 0 Å². The summed E-state index contributed by atoms with van der Waals surface area (Å²) in [6.07, 6.45) is 2.08. The summed E-state index contributed by atoms with van der Waals surface area (Å²) in [6, 6.07) is 17.1. The van der Waals surface area contributed by atoms with Gasteiger partial charge in [0.05, 0.1) is 19.8 Å². The Morgan fingerprint density at radius 2 is 1.62 bits per heavy atom. The quantitative estimate of drug-likeness (QED) is 0.723. The Hall–Kier alpha value is -2.90. The van der Waals surface area contributed by atoms with E-state index in [0.29, 0.717) is 0 Å². The van der Waals surface area contributed by atoms with E-state index in [0.717, 1.165) is 69.2 Å². The molecule has 4 rings (SSSR count). The lowest BCUT2D eigenvalue weighted by Crippen LogP contribution is -2.43. The Balaban J connectivity index is 1.39. The van der Waals surface area contributed by atoms with Crippen molar-refractivity contribution in [3.05, 3.63) is 60.2 Å². The Kier molecular flexibility index (Phi) is 7.39. The van der Waals surface area contributed by atoms with Crippen LogP contribution in [0.4, 0.5) is 11.4 Å². The second kappa shape index (κ2) is 10.6. The lowest BCUT2D eigenvalue weighted by Gasteiger charge is -2.30. The minimum Gasteiger partial charge on any atom is -0.378 e. The molecule has 7 heteroatoms.